The van der Waals surface area contributed by atoms with Crippen LogP contribution in [0.2, 0.25) is 0 Å². The van der Waals surface area contributed by atoms with Gasteiger partial charge in [-0.05, 0) is 34.9 Å². The third-order valence-electron chi connectivity index (χ3n) is 4.56. The Kier molecular flexibility index (Phi) is 3.48. The van der Waals surface area contributed by atoms with Crippen LogP contribution in [-0.4, -0.2) is 31.5 Å². The first-order valence-corrected chi connectivity index (χ1v) is 8.04. The first-order valence-electron chi connectivity index (χ1n) is 8.04. The Labute approximate surface area is 149 Å². The van der Waals surface area contributed by atoms with Gasteiger partial charge in [-0.3, -0.25) is 4.79 Å². The van der Waals surface area contributed by atoms with E-state index >= 15 is 0 Å². The molecule has 1 aliphatic heterocycles. The number of rotatable bonds is 3. The molecule has 1 aromatic carbocycles. The van der Waals surface area contributed by atoms with Crippen LogP contribution in [0.3, 0.4) is 0 Å². The van der Waals surface area contributed by atoms with Gasteiger partial charge in [0.05, 0.1) is 12.6 Å². The summed E-state index contributed by atoms with van der Waals surface area (Å²) < 4.78 is 2.77. The highest BCUT2D eigenvalue weighted by atomic mass is 16.2. The molecule has 7 heteroatoms. The van der Waals surface area contributed by atoms with Crippen LogP contribution >= 0.6 is 0 Å². The van der Waals surface area contributed by atoms with Gasteiger partial charge in [0.1, 0.15) is 0 Å². The van der Waals surface area contributed by atoms with E-state index in [0.717, 1.165) is 16.7 Å². The van der Waals surface area contributed by atoms with Gasteiger partial charge in [0.15, 0.2) is 5.65 Å². The second-order valence-corrected chi connectivity index (χ2v) is 6.26. The first-order chi connectivity index (χ1) is 12.5. The molecule has 0 saturated carbocycles. The third kappa shape index (κ3) is 2.31. The number of aromatic nitrogens is 3. The Morgan fingerprint density at radius 3 is 2.81 bits per heavy atom. The van der Waals surface area contributed by atoms with Gasteiger partial charge in [0, 0.05) is 30.9 Å². The summed E-state index contributed by atoms with van der Waals surface area (Å²) in [5.74, 6) is -0.113. The fourth-order valence-corrected chi connectivity index (χ4v) is 3.29. The maximum Gasteiger partial charge on any atom is 0.350 e. The monoisotopic (exact) mass is 345 g/mol. The summed E-state index contributed by atoms with van der Waals surface area (Å²) in [6.07, 6.45) is 1.74. The van der Waals surface area contributed by atoms with Crippen molar-refractivity contribution in [3.05, 3.63) is 70.3 Å². The zero-order valence-corrected chi connectivity index (χ0v) is 14.1. The van der Waals surface area contributed by atoms with E-state index < -0.39 is 0 Å². The van der Waals surface area contributed by atoms with Crippen molar-refractivity contribution in [2.24, 2.45) is 7.05 Å². The second-order valence-electron chi connectivity index (χ2n) is 6.26. The average Bonchev–Trinajstić information content (AvgIpc) is 3.11. The smallest absolute Gasteiger partial charge is 0.329 e. The van der Waals surface area contributed by atoms with Gasteiger partial charge in [-0.2, -0.15) is 10.4 Å². The van der Waals surface area contributed by atoms with Crippen molar-refractivity contribution in [2.75, 3.05) is 6.54 Å². The van der Waals surface area contributed by atoms with Gasteiger partial charge < -0.3 is 4.90 Å². The predicted molar refractivity (Wildman–Crippen MR) is 95.4 cm³/mol. The fraction of sp³-hybridized carbons (Fsp3) is 0.158. The number of hydrogen-bond donors (Lipinski definition) is 0. The molecule has 0 bridgehead atoms. The molecule has 0 unspecified atom stereocenters. The molecule has 0 N–H and O–H groups in total. The van der Waals surface area contributed by atoms with Gasteiger partial charge in [-0.25, -0.2) is 13.9 Å². The minimum absolute atomic E-state index is 0.113. The van der Waals surface area contributed by atoms with Crippen LogP contribution < -0.4 is 5.69 Å². The van der Waals surface area contributed by atoms with Crippen molar-refractivity contribution in [1.82, 2.24) is 19.1 Å². The molecule has 0 atom stereocenters. The minimum atomic E-state index is -0.225. The molecule has 0 saturated heterocycles. The standard InChI is InChI=1S/C19H15N5O2/c1-12(8-20)9-23-11-16-14(4-3-5-15(16)18(23)25)13-6-7-17-21-22(2)19(26)24(17)10-13/h3-7,10H,1,9,11H2,2H3. The van der Waals surface area contributed by atoms with E-state index in [4.69, 9.17) is 5.26 Å². The number of fused-ring (bicyclic) bond motifs is 2. The minimum Gasteiger partial charge on any atom is -0.329 e. The van der Waals surface area contributed by atoms with Gasteiger partial charge in [0.2, 0.25) is 0 Å². The number of hydrogen-bond acceptors (Lipinski definition) is 4. The van der Waals surface area contributed by atoms with Gasteiger partial charge in [0.25, 0.3) is 5.91 Å². The van der Waals surface area contributed by atoms with E-state index in [1.807, 2.05) is 24.3 Å². The lowest BCUT2D eigenvalue weighted by molar-refractivity contribution is 0.0794. The molecule has 3 heterocycles. The number of aryl methyl sites for hydroxylation is 1. The molecule has 2 aromatic heterocycles. The fourth-order valence-electron chi connectivity index (χ4n) is 3.29. The number of carbonyl (C=O) groups excluding carboxylic acids is 1. The number of pyridine rings is 1. The van der Waals surface area contributed by atoms with Crippen LogP contribution in [0, 0.1) is 11.3 Å². The summed E-state index contributed by atoms with van der Waals surface area (Å²) in [4.78, 5) is 26.4. The van der Waals surface area contributed by atoms with E-state index in [0.29, 0.717) is 23.3 Å². The van der Waals surface area contributed by atoms with Crippen molar-refractivity contribution in [3.63, 3.8) is 0 Å². The molecule has 3 aromatic rings. The summed E-state index contributed by atoms with van der Waals surface area (Å²) in [5.41, 5.74) is 3.91. The van der Waals surface area contributed by atoms with Crippen LogP contribution in [0.15, 0.2) is 53.5 Å². The molecule has 26 heavy (non-hydrogen) atoms. The molecule has 0 aliphatic carbocycles. The van der Waals surface area contributed by atoms with Crippen LogP contribution in [0.1, 0.15) is 15.9 Å². The zero-order chi connectivity index (χ0) is 18.4. The highest BCUT2D eigenvalue weighted by molar-refractivity contribution is 6.00. The van der Waals surface area contributed by atoms with Crippen LogP contribution in [0.25, 0.3) is 16.8 Å². The van der Waals surface area contributed by atoms with Crippen LogP contribution in [-0.2, 0) is 13.6 Å². The van der Waals surface area contributed by atoms with Gasteiger partial charge in [-0.15, -0.1) is 0 Å². The van der Waals surface area contributed by atoms with Crippen molar-refractivity contribution >= 4 is 11.6 Å². The number of benzene rings is 1. The highest BCUT2D eigenvalue weighted by Gasteiger charge is 2.29. The Balaban J connectivity index is 1.81. The summed E-state index contributed by atoms with van der Waals surface area (Å²) in [6, 6.07) is 11.2. The Morgan fingerprint density at radius 2 is 2.04 bits per heavy atom. The Morgan fingerprint density at radius 1 is 1.27 bits per heavy atom. The van der Waals surface area contributed by atoms with Gasteiger partial charge in [-0.1, -0.05) is 18.7 Å². The van der Waals surface area contributed by atoms with E-state index in [1.54, 1.807) is 30.3 Å². The summed E-state index contributed by atoms with van der Waals surface area (Å²) in [5, 5.41) is 13.1. The molecule has 128 valence electrons. The summed E-state index contributed by atoms with van der Waals surface area (Å²) >= 11 is 0. The maximum absolute atomic E-state index is 12.6. The van der Waals surface area contributed by atoms with Crippen molar-refractivity contribution in [3.8, 4) is 17.2 Å². The Hall–Kier alpha value is -3.66. The molecular weight excluding hydrogens is 330 g/mol. The molecule has 4 rings (SSSR count). The second kappa shape index (κ2) is 5.70. The molecule has 0 radical (unpaired) electrons. The average molecular weight is 345 g/mol. The van der Waals surface area contributed by atoms with Gasteiger partial charge >= 0.3 is 5.69 Å². The molecule has 1 aliphatic rings. The highest BCUT2D eigenvalue weighted by Crippen LogP contribution is 2.32. The largest absolute Gasteiger partial charge is 0.350 e. The number of carbonyl (C=O) groups is 1. The summed E-state index contributed by atoms with van der Waals surface area (Å²) in [6.45, 7) is 4.28. The van der Waals surface area contributed by atoms with Crippen LogP contribution in [0.4, 0.5) is 0 Å². The van der Waals surface area contributed by atoms with Crippen molar-refractivity contribution < 1.29 is 4.79 Å². The molecule has 1 amide bonds. The predicted octanol–water partition coefficient (Wildman–Crippen LogP) is 1.74. The van der Waals surface area contributed by atoms with E-state index in [1.165, 1.54) is 9.08 Å². The topological polar surface area (TPSA) is 83.4 Å². The number of amides is 1. The summed E-state index contributed by atoms with van der Waals surface area (Å²) in [7, 11) is 1.60. The maximum atomic E-state index is 12.6. The molecule has 0 spiro atoms. The molecule has 0 fully saturated rings. The molecular formula is C19H15N5O2. The van der Waals surface area contributed by atoms with E-state index in [9.17, 15) is 9.59 Å². The Bertz CT molecular complexity index is 1180. The third-order valence-corrected chi connectivity index (χ3v) is 4.56. The van der Waals surface area contributed by atoms with Crippen molar-refractivity contribution in [1.29, 1.82) is 5.26 Å². The number of nitrogens with zero attached hydrogens (tertiary/aromatic N) is 5. The molecule has 7 nitrogen and oxygen atoms in total. The SMILES string of the molecule is C=C(C#N)CN1Cc2c(cccc2-c2ccc3nn(C)c(=O)n3c2)C1=O. The lowest BCUT2D eigenvalue weighted by Crippen LogP contribution is -2.25. The number of nitriles is 1. The quantitative estimate of drug-likeness (QED) is 0.677. The van der Waals surface area contributed by atoms with E-state index in [-0.39, 0.29) is 18.1 Å². The van der Waals surface area contributed by atoms with Crippen molar-refractivity contribution in [2.45, 2.75) is 6.54 Å². The lowest BCUT2D eigenvalue weighted by atomic mass is 9.98. The first kappa shape index (κ1) is 15.8. The van der Waals surface area contributed by atoms with E-state index in [2.05, 4.69) is 11.7 Å². The van der Waals surface area contributed by atoms with Crippen LogP contribution in [0.5, 0.6) is 0 Å². The lowest BCUT2D eigenvalue weighted by Gasteiger charge is -2.14. The zero-order valence-electron chi connectivity index (χ0n) is 14.1. The normalized spacial score (nSPS) is 13.1.